The zero-order valence-corrected chi connectivity index (χ0v) is 21.9. The summed E-state index contributed by atoms with van der Waals surface area (Å²) < 4.78 is 5.68. The van der Waals surface area contributed by atoms with Crippen molar-refractivity contribution in [1.29, 1.82) is 0 Å². The van der Waals surface area contributed by atoms with Crippen molar-refractivity contribution in [2.75, 3.05) is 0 Å². The third-order valence-corrected chi connectivity index (χ3v) is 6.27. The molecule has 176 valence electrons. The Kier molecular flexibility index (Phi) is 13.1. The molecule has 1 fully saturated rings. The van der Waals surface area contributed by atoms with Gasteiger partial charge >= 0.3 is 0 Å². The summed E-state index contributed by atoms with van der Waals surface area (Å²) in [5.74, 6) is 0. The third-order valence-electron chi connectivity index (χ3n) is 6.27. The molecule has 1 saturated heterocycles. The Morgan fingerprint density at radius 2 is 0.935 bits per heavy atom. The molecule has 0 bridgehead atoms. The van der Waals surface area contributed by atoms with Crippen molar-refractivity contribution in [1.82, 2.24) is 0 Å². The van der Waals surface area contributed by atoms with Crippen molar-refractivity contribution in [3.63, 3.8) is 0 Å². The average Bonchev–Trinajstić information content (AvgIpc) is 3.30. The molecule has 1 heteroatoms. The van der Waals surface area contributed by atoms with E-state index in [9.17, 15) is 0 Å². The Bertz CT molecular complexity index is 677. The van der Waals surface area contributed by atoms with Gasteiger partial charge < -0.3 is 4.74 Å². The lowest BCUT2D eigenvalue weighted by Gasteiger charge is -2.03. The molecule has 0 aromatic heterocycles. The molecule has 31 heavy (non-hydrogen) atoms. The number of ether oxygens (including phenoxy) is 1. The Labute approximate surface area is 194 Å². The van der Waals surface area contributed by atoms with Gasteiger partial charge in [-0.3, -0.25) is 0 Å². The van der Waals surface area contributed by atoms with Gasteiger partial charge in [0.15, 0.2) is 0 Å². The molecule has 0 spiro atoms. The van der Waals surface area contributed by atoms with Crippen molar-refractivity contribution in [3.8, 4) is 0 Å². The molecule has 1 heterocycles. The molecule has 1 nitrogen and oxygen atoms in total. The summed E-state index contributed by atoms with van der Waals surface area (Å²) in [5.41, 5.74) is 7.65. The second kappa shape index (κ2) is 14.7. The van der Waals surface area contributed by atoms with Gasteiger partial charge in [-0.15, -0.1) is 0 Å². The van der Waals surface area contributed by atoms with E-state index in [2.05, 4.69) is 85.8 Å². The van der Waals surface area contributed by atoms with Crippen LogP contribution in [0.1, 0.15) is 120 Å². The van der Waals surface area contributed by atoms with Gasteiger partial charge in [0.25, 0.3) is 0 Å². The van der Waals surface area contributed by atoms with Crippen LogP contribution in [0.2, 0.25) is 0 Å². The first-order valence-corrected chi connectivity index (χ1v) is 12.5. The first kappa shape index (κ1) is 27.7. The highest BCUT2D eigenvalue weighted by Gasteiger charge is 2.46. The summed E-state index contributed by atoms with van der Waals surface area (Å²) in [4.78, 5) is 0. The molecule has 1 rings (SSSR count). The lowest BCUT2D eigenvalue weighted by atomic mass is 10.0. The van der Waals surface area contributed by atoms with Crippen LogP contribution < -0.4 is 0 Å². The van der Waals surface area contributed by atoms with E-state index in [0.717, 1.165) is 12.8 Å². The molecule has 0 N–H and O–H groups in total. The van der Waals surface area contributed by atoms with Crippen LogP contribution in [0.25, 0.3) is 0 Å². The van der Waals surface area contributed by atoms with Gasteiger partial charge in [0.05, 0.1) is 11.7 Å². The number of allylic oxidation sites excluding steroid dienone is 10. The number of hydrogen-bond acceptors (Lipinski definition) is 1. The van der Waals surface area contributed by atoms with Crippen LogP contribution in [-0.4, -0.2) is 11.7 Å². The lowest BCUT2D eigenvalue weighted by Crippen LogP contribution is -2.02. The Balaban J connectivity index is 2.15. The summed E-state index contributed by atoms with van der Waals surface area (Å²) in [6.07, 6.45) is 24.3. The topological polar surface area (TPSA) is 12.5 Å². The van der Waals surface area contributed by atoms with Crippen LogP contribution in [0.5, 0.6) is 0 Å². The highest BCUT2D eigenvalue weighted by atomic mass is 16.6. The fraction of sp³-hybridized carbons (Fsp3) is 0.667. The number of hydrogen-bond donors (Lipinski definition) is 0. The molecule has 0 aromatic carbocycles. The van der Waals surface area contributed by atoms with E-state index in [1.54, 1.807) is 0 Å². The van der Waals surface area contributed by atoms with Gasteiger partial charge in [-0.2, -0.15) is 0 Å². The highest BCUT2D eigenvalue weighted by Crippen LogP contribution is 2.38. The highest BCUT2D eigenvalue weighted by molar-refractivity contribution is 5.08. The molecule has 0 aliphatic carbocycles. The first-order valence-electron chi connectivity index (χ1n) is 12.5. The third kappa shape index (κ3) is 14.4. The van der Waals surface area contributed by atoms with Gasteiger partial charge in [-0.1, -0.05) is 58.2 Å². The summed E-state index contributed by atoms with van der Waals surface area (Å²) >= 11 is 0. The Morgan fingerprint density at radius 3 is 1.32 bits per heavy atom. The minimum Gasteiger partial charge on any atom is -0.367 e. The summed E-state index contributed by atoms with van der Waals surface area (Å²) in [6.45, 7) is 17.8. The molecule has 0 radical (unpaired) electrons. The van der Waals surface area contributed by atoms with E-state index in [1.807, 2.05) is 0 Å². The zero-order chi connectivity index (χ0) is 23.3. The fourth-order valence-corrected chi connectivity index (χ4v) is 3.85. The normalized spacial score (nSPS) is 19.5. The molecule has 1 aliphatic heterocycles. The molecule has 0 aromatic rings. The maximum atomic E-state index is 5.68. The van der Waals surface area contributed by atoms with E-state index in [0.29, 0.717) is 6.10 Å². The second-order valence-electron chi connectivity index (χ2n) is 10.4. The zero-order valence-electron chi connectivity index (χ0n) is 21.9. The van der Waals surface area contributed by atoms with E-state index in [-0.39, 0.29) is 5.60 Å². The van der Waals surface area contributed by atoms with Crippen molar-refractivity contribution in [3.05, 3.63) is 58.2 Å². The Hall–Kier alpha value is -1.34. The standard InChI is InChI=1S/C30H50O/c1-24(2)14-11-17-27(5)20-12-18-25(3)15-9-10-16-26(4)19-13-21-28(6)22-23-29-30(7,8)31-29/h14-16,20-21,29H,9-13,17-19,22-23H2,1-8H3/b25-15?,26-16?,27-20-,28-21?/t29-/m0/s1. The first-order chi connectivity index (χ1) is 14.6. The predicted molar refractivity (Wildman–Crippen MR) is 140 cm³/mol. The van der Waals surface area contributed by atoms with Crippen LogP contribution >= 0.6 is 0 Å². The van der Waals surface area contributed by atoms with Crippen molar-refractivity contribution in [2.24, 2.45) is 0 Å². The lowest BCUT2D eigenvalue weighted by molar-refractivity contribution is 0.320. The smallest absolute Gasteiger partial charge is 0.0892 e. The summed E-state index contributed by atoms with van der Waals surface area (Å²) in [6, 6.07) is 0. The minimum absolute atomic E-state index is 0.132. The number of unbranched alkanes of at least 4 members (excludes halogenated alkanes) is 1. The van der Waals surface area contributed by atoms with Crippen molar-refractivity contribution in [2.45, 2.75) is 131 Å². The molecule has 1 aliphatic rings. The van der Waals surface area contributed by atoms with Gasteiger partial charge in [0, 0.05) is 0 Å². The molecular weight excluding hydrogens is 376 g/mol. The fourth-order valence-electron chi connectivity index (χ4n) is 3.85. The predicted octanol–water partition coefficient (Wildman–Crippen LogP) is 9.82. The molecule has 0 unspecified atom stereocenters. The number of epoxide rings is 1. The monoisotopic (exact) mass is 426 g/mol. The van der Waals surface area contributed by atoms with Crippen molar-refractivity contribution >= 4 is 0 Å². The quantitative estimate of drug-likeness (QED) is 0.144. The van der Waals surface area contributed by atoms with Crippen LogP contribution in [-0.2, 0) is 4.74 Å². The minimum atomic E-state index is 0.132. The molecular formula is C30H50O. The van der Waals surface area contributed by atoms with Gasteiger partial charge in [-0.25, -0.2) is 0 Å². The van der Waals surface area contributed by atoms with Crippen LogP contribution in [0.3, 0.4) is 0 Å². The maximum Gasteiger partial charge on any atom is 0.0892 e. The summed E-state index contributed by atoms with van der Waals surface area (Å²) in [7, 11) is 0. The molecule has 1 atom stereocenters. The van der Waals surface area contributed by atoms with E-state index >= 15 is 0 Å². The molecule has 0 amide bonds. The van der Waals surface area contributed by atoms with Gasteiger partial charge in [0.1, 0.15) is 0 Å². The largest absolute Gasteiger partial charge is 0.367 e. The average molecular weight is 427 g/mol. The number of rotatable bonds is 15. The van der Waals surface area contributed by atoms with E-state index in [4.69, 9.17) is 4.74 Å². The van der Waals surface area contributed by atoms with E-state index < -0.39 is 0 Å². The van der Waals surface area contributed by atoms with Gasteiger partial charge in [0.2, 0.25) is 0 Å². The molecule has 0 saturated carbocycles. The SMILES string of the molecule is CC(C)=CCC/C(C)=C\CCC(C)=CCCC=C(C)CCC=C(C)CC[C@@H]1OC1(C)C. The van der Waals surface area contributed by atoms with Crippen LogP contribution in [0, 0.1) is 0 Å². The van der Waals surface area contributed by atoms with Crippen molar-refractivity contribution < 1.29 is 4.74 Å². The maximum absolute atomic E-state index is 5.68. The van der Waals surface area contributed by atoms with E-state index in [1.165, 1.54) is 79.2 Å². The van der Waals surface area contributed by atoms with Crippen LogP contribution in [0.15, 0.2) is 58.2 Å². The second-order valence-corrected chi connectivity index (χ2v) is 10.4. The van der Waals surface area contributed by atoms with Crippen LogP contribution in [0.4, 0.5) is 0 Å². The Morgan fingerprint density at radius 1 is 0.581 bits per heavy atom. The van der Waals surface area contributed by atoms with Gasteiger partial charge in [-0.05, 0) is 120 Å². The summed E-state index contributed by atoms with van der Waals surface area (Å²) in [5, 5.41) is 0.